The van der Waals surface area contributed by atoms with Crippen molar-refractivity contribution in [3.63, 3.8) is 0 Å². The number of thiocarbonyl (C=S) groups is 1. The smallest absolute Gasteiger partial charge is 0.380 e. The average molecular weight is 333 g/mol. The minimum atomic E-state index is -2.43. The van der Waals surface area contributed by atoms with Gasteiger partial charge in [-0.3, -0.25) is 4.90 Å². The van der Waals surface area contributed by atoms with Crippen LogP contribution in [-0.4, -0.2) is 64.7 Å². The van der Waals surface area contributed by atoms with Crippen molar-refractivity contribution in [1.82, 2.24) is 10.2 Å². The highest BCUT2D eigenvalue weighted by Gasteiger charge is 2.43. The minimum absolute atomic E-state index is 0.731. The number of unbranched alkanes of at least 4 members (excludes halogenated alkanes) is 1. The summed E-state index contributed by atoms with van der Waals surface area (Å²) >= 11 is 5.32. The van der Waals surface area contributed by atoms with Gasteiger partial charge in [-0.15, -0.1) is 0 Å². The Labute approximate surface area is 134 Å². The van der Waals surface area contributed by atoms with Gasteiger partial charge >= 0.3 is 8.80 Å². The molecule has 21 heavy (non-hydrogen) atoms. The molecule has 3 saturated heterocycles. The van der Waals surface area contributed by atoms with E-state index in [2.05, 4.69) is 17.1 Å². The van der Waals surface area contributed by atoms with Crippen molar-refractivity contribution in [2.75, 3.05) is 46.0 Å². The van der Waals surface area contributed by atoms with E-state index in [-0.39, 0.29) is 0 Å². The van der Waals surface area contributed by atoms with Gasteiger partial charge in [0.15, 0.2) is 0 Å². The summed E-state index contributed by atoms with van der Waals surface area (Å²) in [6.45, 7) is 8.27. The second kappa shape index (κ2) is 9.17. The number of rotatable bonds is 7. The lowest BCUT2D eigenvalue weighted by molar-refractivity contribution is -0.00845. The van der Waals surface area contributed by atoms with Crippen molar-refractivity contribution in [2.45, 2.75) is 38.7 Å². The van der Waals surface area contributed by atoms with Crippen molar-refractivity contribution in [3.05, 3.63) is 0 Å². The molecule has 0 radical (unpaired) electrons. The Hall–Kier alpha value is -0.0531. The molecular weight excluding hydrogens is 304 g/mol. The van der Waals surface area contributed by atoms with E-state index >= 15 is 0 Å². The highest BCUT2D eigenvalue weighted by Crippen LogP contribution is 2.21. The zero-order valence-corrected chi connectivity index (χ0v) is 14.9. The van der Waals surface area contributed by atoms with E-state index in [9.17, 15) is 0 Å². The van der Waals surface area contributed by atoms with Gasteiger partial charge in [0.2, 0.25) is 0 Å². The number of nitrogens with zero attached hydrogens (tertiary/aromatic N) is 1. The van der Waals surface area contributed by atoms with Crippen molar-refractivity contribution in [1.29, 1.82) is 0 Å². The zero-order valence-electron chi connectivity index (χ0n) is 13.1. The van der Waals surface area contributed by atoms with E-state index in [0.717, 1.165) is 76.3 Å². The van der Waals surface area contributed by atoms with E-state index in [0.29, 0.717) is 0 Å². The molecule has 0 aromatic carbocycles. The first kappa shape index (κ1) is 17.3. The van der Waals surface area contributed by atoms with Crippen molar-refractivity contribution < 1.29 is 13.3 Å². The highest BCUT2D eigenvalue weighted by molar-refractivity contribution is 7.80. The van der Waals surface area contributed by atoms with Crippen LogP contribution in [0.1, 0.15) is 32.6 Å². The van der Waals surface area contributed by atoms with Crippen LogP contribution in [0.25, 0.3) is 0 Å². The number of hydrogen-bond acceptors (Lipinski definition) is 5. The fraction of sp³-hybridized carbons (Fsp3) is 0.929. The first-order valence-electron chi connectivity index (χ1n) is 8.15. The molecule has 5 nitrogen and oxygen atoms in total. The summed E-state index contributed by atoms with van der Waals surface area (Å²) in [4.78, 5) is 3.32. The van der Waals surface area contributed by atoms with E-state index < -0.39 is 8.80 Å². The largest absolute Gasteiger partial charge is 0.501 e. The lowest BCUT2D eigenvalue weighted by Gasteiger charge is -2.38. The quantitative estimate of drug-likeness (QED) is 0.436. The van der Waals surface area contributed by atoms with Crippen LogP contribution in [0.3, 0.4) is 0 Å². The fourth-order valence-electron chi connectivity index (χ4n) is 2.63. The molecule has 7 heteroatoms. The van der Waals surface area contributed by atoms with Crippen LogP contribution >= 0.6 is 12.2 Å². The lowest BCUT2D eigenvalue weighted by atomic mass is 10.2. The van der Waals surface area contributed by atoms with Crippen LogP contribution in [0.15, 0.2) is 0 Å². The van der Waals surface area contributed by atoms with Crippen LogP contribution < -0.4 is 5.32 Å². The summed E-state index contributed by atoms with van der Waals surface area (Å²) < 4.78 is 18.0. The minimum Gasteiger partial charge on any atom is -0.380 e. The van der Waals surface area contributed by atoms with Crippen LogP contribution in [0.2, 0.25) is 6.04 Å². The van der Waals surface area contributed by atoms with Gasteiger partial charge in [-0.25, -0.2) is 0 Å². The second-order valence-corrected chi connectivity index (χ2v) is 8.85. The molecule has 3 aliphatic heterocycles. The van der Waals surface area contributed by atoms with Gasteiger partial charge in [0.25, 0.3) is 0 Å². The van der Waals surface area contributed by atoms with Gasteiger partial charge in [-0.1, -0.05) is 25.6 Å². The van der Waals surface area contributed by atoms with Gasteiger partial charge in [-0.2, -0.15) is 0 Å². The molecule has 3 rings (SSSR count). The standard InChI is InChI=1S/C14H28N2O3SSi/c1-2-3-5-14(20)15-6-4-13-21-17-10-7-16(8-11-18-21)9-12-19-21/h2-13H2,1H3,(H,15,20). The molecule has 1 N–H and O–H groups in total. The van der Waals surface area contributed by atoms with Gasteiger partial charge in [0, 0.05) is 32.2 Å². The third kappa shape index (κ3) is 5.92. The van der Waals surface area contributed by atoms with Crippen LogP contribution in [0, 0.1) is 0 Å². The summed E-state index contributed by atoms with van der Waals surface area (Å²) in [7, 11) is -2.43. The average Bonchev–Trinajstić information content (AvgIpc) is 2.41. The van der Waals surface area contributed by atoms with Crippen molar-refractivity contribution >= 4 is 26.0 Å². The first-order valence-corrected chi connectivity index (χ1v) is 10.5. The number of fused-ring (bicyclic) bond motifs is 6. The van der Waals surface area contributed by atoms with Crippen LogP contribution in [-0.2, 0) is 13.3 Å². The molecule has 0 saturated carbocycles. The maximum absolute atomic E-state index is 6.01. The van der Waals surface area contributed by atoms with Crippen LogP contribution in [0.4, 0.5) is 0 Å². The Morgan fingerprint density at radius 1 is 1.10 bits per heavy atom. The van der Waals surface area contributed by atoms with Gasteiger partial charge in [0.1, 0.15) is 0 Å². The SMILES string of the molecule is CCCCC(=S)NCCC[Si]12OCCN(CCO1)CCO2. The zero-order chi connectivity index (χ0) is 15.0. The third-order valence-electron chi connectivity index (χ3n) is 3.93. The first-order chi connectivity index (χ1) is 10.2. The van der Waals surface area contributed by atoms with E-state index in [4.69, 9.17) is 25.5 Å². The second-order valence-electron chi connectivity index (χ2n) is 5.63. The summed E-state index contributed by atoms with van der Waals surface area (Å²) in [5, 5.41) is 3.33. The topological polar surface area (TPSA) is 43.0 Å². The van der Waals surface area contributed by atoms with E-state index in [1.165, 1.54) is 6.42 Å². The highest BCUT2D eigenvalue weighted by atomic mass is 32.1. The summed E-state index contributed by atoms with van der Waals surface area (Å²) in [5.41, 5.74) is 0. The Bertz CT molecular complexity index is 307. The number of hydrogen-bond donors (Lipinski definition) is 1. The van der Waals surface area contributed by atoms with Gasteiger partial charge in [0.05, 0.1) is 24.8 Å². The Morgan fingerprint density at radius 2 is 1.71 bits per heavy atom. The maximum atomic E-state index is 6.01. The molecule has 3 aliphatic rings. The van der Waals surface area contributed by atoms with E-state index in [1.807, 2.05) is 0 Å². The molecular formula is C14H28N2O3SSi. The normalized spacial score (nSPS) is 29.5. The number of nitrogens with one attached hydrogen (secondary N) is 1. The van der Waals surface area contributed by atoms with Gasteiger partial charge in [-0.05, 0) is 19.3 Å². The Kier molecular flexibility index (Phi) is 7.55. The van der Waals surface area contributed by atoms with Crippen molar-refractivity contribution in [2.24, 2.45) is 0 Å². The maximum Gasteiger partial charge on any atom is 0.501 e. The van der Waals surface area contributed by atoms with Crippen molar-refractivity contribution in [3.8, 4) is 0 Å². The molecule has 0 unspecified atom stereocenters. The molecule has 122 valence electrons. The summed E-state index contributed by atoms with van der Waals surface area (Å²) in [6.07, 6.45) is 4.33. The molecule has 0 aromatic rings. The lowest BCUT2D eigenvalue weighted by Crippen LogP contribution is -2.55. The molecule has 0 aromatic heterocycles. The van der Waals surface area contributed by atoms with E-state index in [1.54, 1.807) is 0 Å². The summed E-state index contributed by atoms with van der Waals surface area (Å²) in [5.74, 6) is 0. The summed E-state index contributed by atoms with van der Waals surface area (Å²) in [6, 6.07) is 0.885. The molecule has 0 spiro atoms. The Morgan fingerprint density at radius 3 is 2.29 bits per heavy atom. The predicted molar refractivity (Wildman–Crippen MR) is 89.6 cm³/mol. The van der Waals surface area contributed by atoms with Crippen LogP contribution in [0.5, 0.6) is 0 Å². The third-order valence-corrected chi connectivity index (χ3v) is 7.17. The molecule has 0 aliphatic carbocycles. The predicted octanol–water partition coefficient (Wildman–Crippen LogP) is 1.80. The Balaban J connectivity index is 1.71. The molecule has 3 fully saturated rings. The fourth-order valence-corrected chi connectivity index (χ4v) is 5.37. The monoisotopic (exact) mass is 332 g/mol. The molecule has 0 amide bonds. The van der Waals surface area contributed by atoms with Gasteiger partial charge < -0.3 is 18.6 Å². The molecule has 3 heterocycles. The molecule has 0 atom stereocenters. The molecule has 2 bridgehead atoms.